The van der Waals surface area contributed by atoms with E-state index in [0.29, 0.717) is 56.6 Å². The average Bonchev–Trinajstić information content (AvgIpc) is 3.22. The van der Waals surface area contributed by atoms with Gasteiger partial charge in [-0.3, -0.25) is 34.1 Å². The first-order valence-electron chi connectivity index (χ1n) is 19.8. The molecule has 0 aliphatic rings. The van der Waals surface area contributed by atoms with Gasteiger partial charge in [0.05, 0.1) is 30.3 Å². The fourth-order valence-corrected chi connectivity index (χ4v) is 7.02. The van der Waals surface area contributed by atoms with Gasteiger partial charge in [0.1, 0.15) is 24.4 Å². The summed E-state index contributed by atoms with van der Waals surface area (Å²) in [7, 11) is 4.27. The average molecular weight is 895 g/mol. The Balaban J connectivity index is 2.25. The molecule has 0 aromatic carbocycles. The van der Waals surface area contributed by atoms with Crippen molar-refractivity contribution in [1.29, 1.82) is 0 Å². The van der Waals surface area contributed by atoms with Crippen molar-refractivity contribution in [2.24, 2.45) is 0 Å². The lowest BCUT2D eigenvalue weighted by molar-refractivity contribution is -0.385. The summed E-state index contributed by atoms with van der Waals surface area (Å²) >= 11 is 0. The van der Waals surface area contributed by atoms with Gasteiger partial charge < -0.3 is 54.4 Å². The summed E-state index contributed by atoms with van der Waals surface area (Å²) in [6.07, 6.45) is 0.800. The first-order valence-corrected chi connectivity index (χ1v) is 22.0. The van der Waals surface area contributed by atoms with Crippen molar-refractivity contribution in [3.63, 3.8) is 0 Å². The number of carbonyl (C=O) groups is 5. The number of nitrogens with zero attached hydrogens (tertiary/aromatic N) is 2. The maximum Gasteiger partial charge on any atom is 0.305 e. The molecule has 4 atom stereocenters. The van der Waals surface area contributed by atoms with Crippen LogP contribution < -0.4 is 10.6 Å². The van der Waals surface area contributed by atoms with Crippen molar-refractivity contribution in [2.45, 2.75) is 132 Å². The second kappa shape index (κ2) is 32.1. The summed E-state index contributed by atoms with van der Waals surface area (Å²) in [5, 5.41) is 45.1. The van der Waals surface area contributed by atoms with Gasteiger partial charge in [-0.1, -0.05) is 17.7 Å². The van der Waals surface area contributed by atoms with Crippen molar-refractivity contribution >= 4 is 57.0 Å². The third-order valence-electron chi connectivity index (χ3n) is 8.34. The zero-order valence-electron chi connectivity index (χ0n) is 34.8. The second-order valence-corrected chi connectivity index (χ2v) is 16.8. The van der Waals surface area contributed by atoms with Crippen LogP contribution in [0, 0.1) is 10.1 Å². The number of aliphatic hydroxyl groups is 2. The highest BCUT2D eigenvalue weighted by molar-refractivity contribution is 8.77. The van der Waals surface area contributed by atoms with Gasteiger partial charge in [0.2, 0.25) is 11.8 Å². The standard InChI is InChI=1S/C38H62N4O16S2/c1-5-28(23-43)57-37(26-56-35(50)14-7-12-33(47)48)54-21-8-10-29(24-44)58-36(53-4)25-55-34(49)13-6-11-30(45)39-19-9-20-40-31(46)17-18-38(2,3)60-59-32-16-15-27(22-41-32)42(51)52/h15-16,22,28-29,36-37,43-44H,5-14,17-21,23-26H2,1-4H3,(H,39,45)(H,40,46)(H,47,48). The van der Waals surface area contributed by atoms with E-state index in [9.17, 15) is 44.3 Å². The number of amides is 2. The molecule has 0 fully saturated rings. The normalized spacial score (nSPS) is 13.4. The van der Waals surface area contributed by atoms with Gasteiger partial charge in [-0.2, -0.15) is 0 Å². The topological polar surface area (TPSA) is 282 Å². The van der Waals surface area contributed by atoms with Crippen molar-refractivity contribution in [3.05, 3.63) is 28.4 Å². The van der Waals surface area contributed by atoms with Crippen LogP contribution in [0.2, 0.25) is 0 Å². The number of aliphatic carboxylic acids is 1. The smallest absolute Gasteiger partial charge is 0.305 e. The van der Waals surface area contributed by atoms with Gasteiger partial charge in [-0.15, -0.1) is 0 Å². The number of ether oxygens (including phenoxy) is 6. The molecular weight excluding hydrogens is 833 g/mol. The lowest BCUT2D eigenvalue weighted by Crippen LogP contribution is -2.33. The molecule has 1 rings (SSSR count). The van der Waals surface area contributed by atoms with Gasteiger partial charge in [0.25, 0.3) is 5.69 Å². The van der Waals surface area contributed by atoms with E-state index < -0.39 is 47.6 Å². The number of rotatable bonds is 36. The Kier molecular flexibility index (Phi) is 29.1. The molecule has 342 valence electrons. The molecule has 0 radical (unpaired) electrons. The van der Waals surface area contributed by atoms with Crippen LogP contribution >= 0.6 is 21.6 Å². The largest absolute Gasteiger partial charge is 0.481 e. The number of aromatic nitrogens is 1. The lowest BCUT2D eigenvalue weighted by atomic mass is 10.1. The molecule has 20 nitrogen and oxygen atoms in total. The highest BCUT2D eigenvalue weighted by atomic mass is 33.1. The van der Waals surface area contributed by atoms with Crippen LogP contribution in [-0.4, -0.2) is 138 Å². The predicted molar refractivity (Wildman–Crippen MR) is 220 cm³/mol. The van der Waals surface area contributed by atoms with Crippen molar-refractivity contribution in [3.8, 4) is 0 Å². The van der Waals surface area contributed by atoms with E-state index in [2.05, 4.69) is 15.6 Å². The minimum absolute atomic E-state index is 0.0196. The summed E-state index contributed by atoms with van der Waals surface area (Å²) < 4.78 is 32.5. The van der Waals surface area contributed by atoms with Crippen LogP contribution in [0.4, 0.5) is 5.69 Å². The molecule has 0 saturated carbocycles. The van der Waals surface area contributed by atoms with Crippen LogP contribution in [0.3, 0.4) is 0 Å². The van der Waals surface area contributed by atoms with E-state index in [4.69, 9.17) is 33.5 Å². The van der Waals surface area contributed by atoms with E-state index >= 15 is 0 Å². The van der Waals surface area contributed by atoms with Crippen LogP contribution in [0.25, 0.3) is 0 Å². The molecule has 0 saturated heterocycles. The predicted octanol–water partition coefficient (Wildman–Crippen LogP) is 3.68. The number of esters is 2. The Labute approximate surface area is 358 Å². The lowest BCUT2D eigenvalue weighted by Gasteiger charge is -2.24. The van der Waals surface area contributed by atoms with Crippen molar-refractivity contribution < 1.29 is 72.6 Å². The first-order chi connectivity index (χ1) is 28.6. The van der Waals surface area contributed by atoms with E-state index in [-0.39, 0.29) is 93.8 Å². The van der Waals surface area contributed by atoms with Crippen LogP contribution in [0.15, 0.2) is 23.4 Å². The minimum atomic E-state index is -1.02. The number of pyridine rings is 1. The monoisotopic (exact) mass is 894 g/mol. The van der Waals surface area contributed by atoms with E-state index in [1.54, 1.807) is 13.0 Å². The Morgan fingerprint density at radius 3 is 2.00 bits per heavy atom. The quantitative estimate of drug-likeness (QED) is 0.0160. The molecule has 1 heterocycles. The summed E-state index contributed by atoms with van der Waals surface area (Å²) in [5.74, 6) is -2.54. The van der Waals surface area contributed by atoms with Crippen molar-refractivity contribution in [1.82, 2.24) is 15.6 Å². The Hall–Kier alpha value is -3.64. The summed E-state index contributed by atoms with van der Waals surface area (Å²) in [6, 6.07) is 2.98. The molecule has 60 heavy (non-hydrogen) atoms. The molecule has 0 bridgehead atoms. The Morgan fingerprint density at radius 1 is 0.850 bits per heavy atom. The maximum atomic E-state index is 12.3. The maximum absolute atomic E-state index is 12.3. The SMILES string of the molecule is CCC(CO)OC(COC(=O)CCCC(=O)O)OCCCC(CO)OC(COC(=O)CCCC(=O)NCCCNC(=O)CCC(C)(C)SSc1ccc([N+](=O)[O-])cn1)OC. The summed E-state index contributed by atoms with van der Waals surface area (Å²) in [6.45, 7) is 5.50. The Bertz CT molecular complexity index is 1420. The summed E-state index contributed by atoms with van der Waals surface area (Å²) in [5.41, 5.74) is -0.0771. The van der Waals surface area contributed by atoms with Crippen LogP contribution in [0.1, 0.15) is 97.8 Å². The zero-order valence-corrected chi connectivity index (χ0v) is 36.5. The molecule has 1 aromatic heterocycles. The number of hydrogen-bond donors (Lipinski definition) is 5. The van der Waals surface area contributed by atoms with E-state index in [0.717, 1.165) is 0 Å². The molecule has 0 spiro atoms. The molecular formula is C38H62N4O16S2. The molecule has 2 amide bonds. The van der Waals surface area contributed by atoms with E-state index in [1.807, 2.05) is 13.8 Å². The molecule has 1 aromatic rings. The third-order valence-corrected chi connectivity index (χ3v) is 11.6. The number of nitrogens with one attached hydrogen (secondary N) is 2. The third kappa shape index (κ3) is 27.3. The second-order valence-electron chi connectivity index (χ2n) is 14.0. The fourth-order valence-electron chi connectivity index (χ4n) is 4.82. The highest BCUT2D eigenvalue weighted by Gasteiger charge is 2.23. The van der Waals surface area contributed by atoms with Gasteiger partial charge in [0.15, 0.2) is 12.6 Å². The summed E-state index contributed by atoms with van der Waals surface area (Å²) in [4.78, 5) is 73.9. The number of carboxylic acid groups (broad SMARTS) is 1. The first kappa shape index (κ1) is 54.4. The molecule has 4 unspecified atom stereocenters. The van der Waals surface area contributed by atoms with E-state index in [1.165, 1.54) is 41.0 Å². The highest BCUT2D eigenvalue weighted by Crippen LogP contribution is 2.42. The zero-order chi connectivity index (χ0) is 44.8. The minimum Gasteiger partial charge on any atom is -0.481 e. The number of hydrogen-bond acceptors (Lipinski definition) is 18. The number of methoxy groups -OCH3 is 1. The van der Waals surface area contributed by atoms with Crippen LogP contribution in [0.5, 0.6) is 0 Å². The van der Waals surface area contributed by atoms with Gasteiger partial charge >= 0.3 is 17.9 Å². The molecule has 22 heteroatoms. The number of carbonyl (C=O) groups excluding carboxylic acids is 4. The fraction of sp³-hybridized carbons (Fsp3) is 0.737. The number of nitro groups is 1. The molecule has 5 N–H and O–H groups in total. The number of carboxylic acids is 1. The Morgan fingerprint density at radius 2 is 1.45 bits per heavy atom. The van der Waals surface area contributed by atoms with Gasteiger partial charge in [0, 0.05) is 69.7 Å². The van der Waals surface area contributed by atoms with Gasteiger partial charge in [-0.05, 0) is 75.7 Å². The molecule has 0 aliphatic carbocycles. The van der Waals surface area contributed by atoms with Crippen LogP contribution in [-0.2, 0) is 52.4 Å². The van der Waals surface area contributed by atoms with Crippen molar-refractivity contribution in [2.75, 3.05) is 53.2 Å². The van der Waals surface area contributed by atoms with Gasteiger partial charge in [-0.25, -0.2) is 4.98 Å². The molecule has 0 aliphatic heterocycles. The number of aliphatic hydroxyl groups excluding tert-OH is 2.